The maximum absolute atomic E-state index is 11.1. The van der Waals surface area contributed by atoms with Gasteiger partial charge < -0.3 is 14.2 Å². The van der Waals surface area contributed by atoms with Gasteiger partial charge in [-0.3, -0.25) is 0 Å². The van der Waals surface area contributed by atoms with Gasteiger partial charge in [0.1, 0.15) is 0 Å². The molecule has 6 heteroatoms. The number of methoxy groups -OCH3 is 2. The molecular formula is C8H14N2O4. The molecule has 0 aromatic carbocycles. The summed E-state index contributed by atoms with van der Waals surface area (Å²) in [5.74, 6) is -0.644. The molecule has 1 N–H and O–H groups in total. The largest absolute Gasteiger partial charge is 0.464 e. The van der Waals surface area contributed by atoms with Crippen molar-refractivity contribution in [2.24, 2.45) is 0 Å². The molecule has 0 amide bonds. The summed E-state index contributed by atoms with van der Waals surface area (Å²) in [6.45, 7) is 1.89. The molecule has 6 nitrogen and oxygen atoms in total. The fourth-order valence-corrected chi connectivity index (χ4v) is 0.752. The van der Waals surface area contributed by atoms with Gasteiger partial charge >= 0.3 is 5.97 Å². The fourth-order valence-electron chi connectivity index (χ4n) is 0.752. The lowest BCUT2D eigenvalue weighted by Gasteiger charge is -2.17. The van der Waals surface area contributed by atoms with Gasteiger partial charge in [-0.15, -0.1) is 0 Å². The van der Waals surface area contributed by atoms with E-state index < -0.39 is 18.4 Å². The second kappa shape index (κ2) is 7.26. The van der Waals surface area contributed by atoms with Gasteiger partial charge in [-0.1, -0.05) is 0 Å². The van der Waals surface area contributed by atoms with Crippen LogP contribution in [0, 0.1) is 11.3 Å². The summed E-state index contributed by atoms with van der Waals surface area (Å²) >= 11 is 0. The Morgan fingerprint density at radius 3 is 2.43 bits per heavy atom. The van der Waals surface area contributed by atoms with E-state index in [0.717, 1.165) is 0 Å². The molecule has 0 aliphatic heterocycles. The van der Waals surface area contributed by atoms with E-state index in [4.69, 9.17) is 14.7 Å². The van der Waals surface area contributed by atoms with Crippen LogP contribution < -0.4 is 5.32 Å². The van der Waals surface area contributed by atoms with Crippen molar-refractivity contribution in [2.75, 3.05) is 20.8 Å². The van der Waals surface area contributed by atoms with Crippen LogP contribution in [0.3, 0.4) is 0 Å². The number of hydrogen-bond acceptors (Lipinski definition) is 6. The molecule has 14 heavy (non-hydrogen) atoms. The summed E-state index contributed by atoms with van der Waals surface area (Å²) < 4.78 is 14.2. The molecule has 1 unspecified atom stereocenters. The Balaban J connectivity index is 4.15. The van der Waals surface area contributed by atoms with E-state index in [1.165, 1.54) is 14.2 Å². The van der Waals surface area contributed by atoms with Gasteiger partial charge in [0.05, 0.1) is 12.7 Å². The van der Waals surface area contributed by atoms with Crippen LogP contribution in [0.2, 0.25) is 0 Å². The van der Waals surface area contributed by atoms with Crippen LogP contribution in [0.5, 0.6) is 0 Å². The van der Waals surface area contributed by atoms with Crippen LogP contribution >= 0.6 is 0 Å². The predicted molar refractivity (Wildman–Crippen MR) is 47.0 cm³/mol. The van der Waals surface area contributed by atoms with Gasteiger partial charge in [-0.25, -0.2) is 10.1 Å². The van der Waals surface area contributed by atoms with Crippen LogP contribution in [0.1, 0.15) is 6.92 Å². The molecule has 0 aromatic rings. The highest BCUT2D eigenvalue weighted by Gasteiger charge is 2.22. The molecule has 0 saturated heterocycles. The van der Waals surface area contributed by atoms with Crippen molar-refractivity contribution in [1.29, 1.82) is 5.26 Å². The zero-order valence-electron chi connectivity index (χ0n) is 8.44. The van der Waals surface area contributed by atoms with Gasteiger partial charge in [0.2, 0.25) is 6.41 Å². The first-order valence-electron chi connectivity index (χ1n) is 4.07. The number of nitriles is 1. The number of carbonyl (C=O) groups excluding carboxylic acids is 1. The van der Waals surface area contributed by atoms with Crippen LogP contribution in [-0.4, -0.2) is 39.3 Å². The third-order valence-corrected chi connectivity index (χ3v) is 1.38. The third kappa shape index (κ3) is 4.18. The highest BCUT2D eigenvalue weighted by Crippen LogP contribution is 1.93. The molecule has 80 valence electrons. The number of hydrogen-bond donors (Lipinski definition) is 1. The summed E-state index contributed by atoms with van der Waals surface area (Å²) in [5, 5.41) is 11.1. The van der Waals surface area contributed by atoms with E-state index >= 15 is 0 Å². The zero-order valence-corrected chi connectivity index (χ0v) is 8.44. The first kappa shape index (κ1) is 12.8. The number of nitrogens with one attached hydrogen (secondary N) is 1. The average molecular weight is 202 g/mol. The normalized spacial score (nSPS) is 12.2. The Morgan fingerprint density at radius 2 is 2.07 bits per heavy atom. The molecule has 0 radical (unpaired) electrons. The molecule has 0 aliphatic carbocycles. The molecule has 0 aliphatic rings. The first-order chi connectivity index (χ1) is 6.69. The topological polar surface area (TPSA) is 80.6 Å². The van der Waals surface area contributed by atoms with Crippen LogP contribution in [0.25, 0.3) is 0 Å². The Labute approximate surface area is 82.7 Å². The number of carbonyl (C=O) groups is 1. The summed E-state index contributed by atoms with van der Waals surface area (Å²) in [7, 11) is 2.78. The Hall–Kier alpha value is -1.16. The van der Waals surface area contributed by atoms with Gasteiger partial charge in [-0.05, 0) is 6.92 Å². The maximum atomic E-state index is 11.1. The van der Waals surface area contributed by atoms with E-state index in [0.29, 0.717) is 0 Å². The van der Waals surface area contributed by atoms with E-state index in [-0.39, 0.29) is 6.61 Å². The first-order valence-corrected chi connectivity index (χ1v) is 4.07. The van der Waals surface area contributed by atoms with E-state index in [9.17, 15) is 4.79 Å². The lowest BCUT2D eigenvalue weighted by molar-refractivity contribution is -0.154. The quantitative estimate of drug-likeness (QED) is 0.466. The van der Waals surface area contributed by atoms with Gasteiger partial charge in [0.15, 0.2) is 6.04 Å². The molecule has 0 rings (SSSR count). The van der Waals surface area contributed by atoms with E-state index in [2.05, 4.69) is 10.1 Å². The molecule has 0 fully saturated rings. The molecule has 0 aromatic heterocycles. The predicted octanol–water partition coefficient (Wildman–Crippen LogP) is -0.392. The average Bonchev–Trinajstić information content (AvgIpc) is 2.20. The fraction of sp³-hybridized carbons (Fsp3) is 0.750. The van der Waals surface area contributed by atoms with Crippen molar-refractivity contribution < 1.29 is 19.0 Å². The Morgan fingerprint density at radius 1 is 1.50 bits per heavy atom. The maximum Gasteiger partial charge on any atom is 0.338 e. The molecule has 1 atom stereocenters. The summed E-state index contributed by atoms with van der Waals surface area (Å²) in [6, 6.07) is 0.657. The Kier molecular flexibility index (Phi) is 6.66. The highest BCUT2D eigenvalue weighted by atomic mass is 16.7. The lowest BCUT2D eigenvalue weighted by Crippen LogP contribution is -2.45. The summed E-state index contributed by atoms with van der Waals surface area (Å²) in [4.78, 5) is 11.1. The van der Waals surface area contributed by atoms with Crippen molar-refractivity contribution in [2.45, 2.75) is 19.4 Å². The monoisotopic (exact) mass is 202 g/mol. The van der Waals surface area contributed by atoms with Crippen LogP contribution in [-0.2, 0) is 19.0 Å². The molecular weight excluding hydrogens is 188 g/mol. The minimum atomic E-state index is -1.08. The lowest BCUT2D eigenvalue weighted by atomic mass is 10.3. The molecule has 0 saturated carbocycles. The minimum absolute atomic E-state index is 0.226. The Bertz CT molecular complexity index is 210. The van der Waals surface area contributed by atoms with Crippen molar-refractivity contribution in [3.63, 3.8) is 0 Å². The third-order valence-electron chi connectivity index (χ3n) is 1.38. The van der Waals surface area contributed by atoms with E-state index in [1.54, 1.807) is 13.0 Å². The second-order valence-corrected chi connectivity index (χ2v) is 2.28. The van der Waals surface area contributed by atoms with Crippen molar-refractivity contribution in [3.05, 3.63) is 0 Å². The van der Waals surface area contributed by atoms with Gasteiger partial charge in [0.25, 0.3) is 0 Å². The SMILES string of the molecule is CCOC(=O)C(C#N)NC(OC)OC. The highest BCUT2D eigenvalue weighted by molar-refractivity contribution is 5.78. The van der Waals surface area contributed by atoms with Crippen molar-refractivity contribution in [1.82, 2.24) is 5.32 Å². The number of esters is 1. The standard InChI is InChI=1S/C8H14N2O4/c1-4-14-7(11)6(5-9)10-8(12-2)13-3/h6,8,10H,4H2,1-3H3. The number of ether oxygens (including phenoxy) is 3. The van der Waals surface area contributed by atoms with Gasteiger partial charge in [-0.2, -0.15) is 5.26 Å². The van der Waals surface area contributed by atoms with Crippen LogP contribution in [0.15, 0.2) is 0 Å². The van der Waals surface area contributed by atoms with Crippen molar-refractivity contribution in [3.8, 4) is 6.07 Å². The second-order valence-electron chi connectivity index (χ2n) is 2.28. The smallest absolute Gasteiger partial charge is 0.338 e. The summed E-state index contributed by atoms with van der Waals surface area (Å²) in [6.07, 6.45) is -0.802. The zero-order chi connectivity index (χ0) is 11.0. The van der Waals surface area contributed by atoms with Crippen molar-refractivity contribution >= 4 is 5.97 Å². The van der Waals surface area contributed by atoms with Gasteiger partial charge in [0, 0.05) is 14.2 Å². The number of nitrogens with zero attached hydrogens (tertiary/aromatic N) is 1. The summed E-state index contributed by atoms with van der Waals surface area (Å²) in [5.41, 5.74) is 0. The van der Waals surface area contributed by atoms with Crippen LogP contribution in [0.4, 0.5) is 0 Å². The number of rotatable bonds is 6. The molecule has 0 bridgehead atoms. The van der Waals surface area contributed by atoms with E-state index in [1.807, 2.05) is 0 Å². The molecule has 0 spiro atoms. The minimum Gasteiger partial charge on any atom is -0.464 e. The molecule has 0 heterocycles.